The number of furan rings is 1. The molecule has 3 unspecified atom stereocenters. The summed E-state index contributed by atoms with van der Waals surface area (Å²) in [6, 6.07) is 11.5. The molecule has 4 rings (SSSR count). The molecule has 0 saturated carbocycles. The Bertz CT molecular complexity index is 1040. The van der Waals surface area contributed by atoms with E-state index in [0.717, 1.165) is 30.2 Å². The summed E-state index contributed by atoms with van der Waals surface area (Å²) >= 11 is 1.45. The molecule has 0 bridgehead atoms. The molecule has 8 heteroatoms. The Morgan fingerprint density at radius 3 is 2.69 bits per heavy atom. The molecule has 1 aliphatic heterocycles. The van der Waals surface area contributed by atoms with Crippen LogP contribution in [0.2, 0.25) is 0 Å². The highest BCUT2D eigenvalue weighted by atomic mass is 32.2. The number of thioether (sulfide) groups is 1. The summed E-state index contributed by atoms with van der Waals surface area (Å²) in [6.07, 6.45) is 2.83. The number of methoxy groups -OCH3 is 1. The largest absolute Gasteiger partial charge is 0.497 e. The molecule has 3 atom stereocenters. The summed E-state index contributed by atoms with van der Waals surface area (Å²) in [5, 5.41) is 9.34. The molecule has 1 saturated heterocycles. The van der Waals surface area contributed by atoms with Gasteiger partial charge >= 0.3 is 0 Å². The van der Waals surface area contributed by atoms with E-state index in [-0.39, 0.29) is 11.2 Å². The zero-order chi connectivity index (χ0) is 22.7. The van der Waals surface area contributed by atoms with Gasteiger partial charge in [-0.2, -0.15) is 0 Å². The van der Waals surface area contributed by atoms with Crippen molar-refractivity contribution in [3.8, 4) is 17.1 Å². The molecule has 3 aromatic rings. The summed E-state index contributed by atoms with van der Waals surface area (Å²) in [5.74, 6) is 3.48. The maximum Gasteiger partial charge on any atom is 0.235 e. The van der Waals surface area contributed by atoms with Crippen molar-refractivity contribution >= 4 is 17.7 Å². The first-order chi connectivity index (χ1) is 15.4. The van der Waals surface area contributed by atoms with Crippen LogP contribution < -0.4 is 4.74 Å². The second kappa shape index (κ2) is 9.81. The number of piperidine rings is 1. The van der Waals surface area contributed by atoms with E-state index in [1.165, 1.54) is 18.2 Å². The van der Waals surface area contributed by atoms with Crippen LogP contribution in [-0.2, 0) is 11.3 Å². The van der Waals surface area contributed by atoms with Gasteiger partial charge in [-0.3, -0.25) is 9.36 Å². The number of carbonyl (C=O) groups excluding carboxylic acids is 1. The zero-order valence-corrected chi connectivity index (χ0v) is 19.8. The van der Waals surface area contributed by atoms with Crippen molar-refractivity contribution in [2.24, 2.45) is 11.8 Å². The van der Waals surface area contributed by atoms with Gasteiger partial charge in [0.1, 0.15) is 11.5 Å². The zero-order valence-electron chi connectivity index (χ0n) is 19.0. The normalized spacial score (nSPS) is 19.7. The van der Waals surface area contributed by atoms with Crippen molar-refractivity contribution in [3.63, 3.8) is 0 Å². The van der Waals surface area contributed by atoms with Crippen LogP contribution in [0.25, 0.3) is 11.4 Å². The molecule has 2 aromatic heterocycles. The quantitative estimate of drug-likeness (QED) is 0.487. The number of carbonyl (C=O) groups is 1. The van der Waals surface area contributed by atoms with Crippen LogP contribution >= 0.6 is 11.8 Å². The van der Waals surface area contributed by atoms with Gasteiger partial charge in [-0.25, -0.2) is 0 Å². The molecule has 3 heterocycles. The first-order valence-corrected chi connectivity index (χ1v) is 11.9. The van der Waals surface area contributed by atoms with Crippen LogP contribution in [-0.4, -0.2) is 51.0 Å². The molecule has 0 spiro atoms. The standard InChI is InChI=1S/C24H30N4O3S/c1-16-11-17(2)14-27(13-16)23(29)18(3)32-24-26-25-22(19-7-5-8-20(12-19)30-4)28(24)15-21-9-6-10-31-21/h5-10,12,16-18H,11,13-15H2,1-4H3. The summed E-state index contributed by atoms with van der Waals surface area (Å²) in [5.41, 5.74) is 0.896. The van der Waals surface area contributed by atoms with E-state index >= 15 is 0 Å². The predicted molar refractivity (Wildman–Crippen MR) is 125 cm³/mol. The maximum atomic E-state index is 13.2. The lowest BCUT2D eigenvalue weighted by Gasteiger charge is -2.36. The minimum Gasteiger partial charge on any atom is -0.497 e. The molecule has 1 fully saturated rings. The van der Waals surface area contributed by atoms with E-state index in [1.807, 2.05) is 52.8 Å². The number of hydrogen-bond donors (Lipinski definition) is 0. The van der Waals surface area contributed by atoms with Crippen molar-refractivity contribution < 1.29 is 13.9 Å². The second-order valence-corrected chi connectivity index (χ2v) is 9.96. The van der Waals surface area contributed by atoms with Crippen LogP contribution in [0.1, 0.15) is 33.0 Å². The van der Waals surface area contributed by atoms with Crippen molar-refractivity contribution in [2.45, 2.75) is 44.1 Å². The monoisotopic (exact) mass is 454 g/mol. The van der Waals surface area contributed by atoms with Crippen LogP contribution in [0, 0.1) is 11.8 Å². The van der Waals surface area contributed by atoms with E-state index < -0.39 is 0 Å². The van der Waals surface area contributed by atoms with E-state index in [1.54, 1.807) is 13.4 Å². The summed E-state index contributed by atoms with van der Waals surface area (Å²) in [6.45, 7) is 8.51. The topological polar surface area (TPSA) is 73.4 Å². The van der Waals surface area contributed by atoms with Crippen molar-refractivity contribution in [3.05, 3.63) is 48.4 Å². The molecule has 32 heavy (non-hydrogen) atoms. The third-order valence-corrected chi connectivity index (χ3v) is 6.82. The van der Waals surface area contributed by atoms with Gasteiger partial charge in [0.15, 0.2) is 11.0 Å². The number of benzene rings is 1. The van der Waals surface area contributed by atoms with Crippen LogP contribution in [0.15, 0.2) is 52.2 Å². The molecule has 7 nitrogen and oxygen atoms in total. The number of ether oxygens (including phenoxy) is 1. The summed E-state index contributed by atoms with van der Waals surface area (Å²) < 4.78 is 13.0. The Morgan fingerprint density at radius 2 is 2.00 bits per heavy atom. The first kappa shape index (κ1) is 22.5. The molecular weight excluding hydrogens is 424 g/mol. The van der Waals surface area contributed by atoms with Gasteiger partial charge in [-0.05, 0) is 49.4 Å². The van der Waals surface area contributed by atoms with E-state index in [4.69, 9.17) is 9.15 Å². The van der Waals surface area contributed by atoms with E-state index in [2.05, 4.69) is 24.0 Å². The molecule has 0 radical (unpaired) electrons. The lowest BCUT2D eigenvalue weighted by atomic mass is 9.92. The van der Waals surface area contributed by atoms with Gasteiger partial charge in [0.25, 0.3) is 0 Å². The fourth-order valence-corrected chi connectivity index (χ4v) is 5.29. The Hall–Kier alpha value is -2.74. The minimum atomic E-state index is -0.259. The third-order valence-electron chi connectivity index (χ3n) is 5.75. The van der Waals surface area contributed by atoms with Gasteiger partial charge in [-0.1, -0.05) is 37.7 Å². The van der Waals surface area contributed by atoms with Crippen molar-refractivity contribution in [2.75, 3.05) is 20.2 Å². The fraction of sp³-hybridized carbons (Fsp3) is 0.458. The fourth-order valence-electron chi connectivity index (χ4n) is 4.36. The number of hydrogen-bond acceptors (Lipinski definition) is 6. The summed E-state index contributed by atoms with van der Waals surface area (Å²) in [7, 11) is 1.64. The van der Waals surface area contributed by atoms with Crippen LogP contribution in [0.4, 0.5) is 0 Å². The Morgan fingerprint density at radius 1 is 1.22 bits per heavy atom. The molecular formula is C24H30N4O3S. The highest BCUT2D eigenvalue weighted by Gasteiger charge is 2.30. The maximum absolute atomic E-state index is 13.2. The second-order valence-electron chi connectivity index (χ2n) is 8.65. The number of aromatic nitrogens is 3. The van der Waals surface area contributed by atoms with Gasteiger partial charge in [0.2, 0.25) is 5.91 Å². The molecule has 1 amide bonds. The molecule has 0 aliphatic carbocycles. The number of nitrogens with zero attached hydrogens (tertiary/aromatic N) is 4. The predicted octanol–water partition coefficient (Wildman–Crippen LogP) is 4.58. The molecule has 0 N–H and O–H groups in total. The van der Waals surface area contributed by atoms with Crippen LogP contribution in [0.5, 0.6) is 5.75 Å². The average molecular weight is 455 g/mol. The number of likely N-dealkylation sites (tertiary alicyclic amines) is 1. The van der Waals surface area contributed by atoms with Gasteiger partial charge in [0, 0.05) is 18.7 Å². The lowest BCUT2D eigenvalue weighted by molar-refractivity contribution is -0.132. The Labute approximate surface area is 193 Å². The van der Waals surface area contributed by atoms with Gasteiger partial charge in [-0.15, -0.1) is 10.2 Å². The number of rotatable bonds is 7. The highest BCUT2D eigenvalue weighted by Crippen LogP contribution is 2.31. The first-order valence-electron chi connectivity index (χ1n) is 11.0. The van der Waals surface area contributed by atoms with Gasteiger partial charge < -0.3 is 14.1 Å². The van der Waals surface area contributed by atoms with E-state index in [9.17, 15) is 4.79 Å². The number of amides is 1. The van der Waals surface area contributed by atoms with Crippen molar-refractivity contribution in [1.82, 2.24) is 19.7 Å². The third kappa shape index (κ3) is 5.01. The SMILES string of the molecule is COc1cccc(-c2nnc(SC(C)C(=O)N3CC(C)CC(C)C3)n2Cc2ccco2)c1. The highest BCUT2D eigenvalue weighted by molar-refractivity contribution is 8.00. The Kier molecular flexibility index (Phi) is 6.89. The smallest absolute Gasteiger partial charge is 0.235 e. The molecule has 1 aliphatic rings. The summed E-state index contributed by atoms with van der Waals surface area (Å²) in [4.78, 5) is 15.2. The lowest BCUT2D eigenvalue weighted by Crippen LogP contribution is -2.45. The average Bonchev–Trinajstić information content (AvgIpc) is 3.43. The molecule has 170 valence electrons. The minimum absolute atomic E-state index is 0.156. The van der Waals surface area contributed by atoms with Crippen LogP contribution in [0.3, 0.4) is 0 Å². The van der Waals surface area contributed by atoms with Crippen molar-refractivity contribution in [1.29, 1.82) is 0 Å². The molecule has 1 aromatic carbocycles. The van der Waals surface area contributed by atoms with E-state index in [0.29, 0.717) is 29.4 Å². The Balaban J connectivity index is 1.60. The van der Waals surface area contributed by atoms with Gasteiger partial charge in [0.05, 0.1) is 25.2 Å².